The summed E-state index contributed by atoms with van der Waals surface area (Å²) in [4.78, 5) is 29.8. The molecule has 0 spiro atoms. The van der Waals surface area contributed by atoms with Crippen LogP contribution in [-0.4, -0.2) is 14.5 Å². The lowest BCUT2D eigenvalue weighted by Crippen LogP contribution is -2.23. The predicted molar refractivity (Wildman–Crippen MR) is 167 cm³/mol. The molecule has 6 nitrogen and oxygen atoms in total. The van der Waals surface area contributed by atoms with E-state index in [0.29, 0.717) is 27.3 Å². The zero-order valence-corrected chi connectivity index (χ0v) is 23.1. The van der Waals surface area contributed by atoms with Crippen molar-refractivity contribution >= 4 is 50.2 Å². The van der Waals surface area contributed by atoms with Crippen molar-refractivity contribution in [2.24, 2.45) is 0 Å². The van der Waals surface area contributed by atoms with Gasteiger partial charge in [0.15, 0.2) is 0 Å². The number of hydrogen-bond acceptors (Lipinski definition) is 5. The molecule has 0 atom stereocenters. The first-order valence-electron chi connectivity index (χ1n) is 12.9. The third-order valence-electron chi connectivity index (χ3n) is 6.78. The maximum Gasteiger partial charge on any atom is 0.324 e. The number of aryl methyl sites for hydroxylation is 2. The Morgan fingerprint density at radius 3 is 2.37 bits per heavy atom. The summed E-state index contributed by atoms with van der Waals surface area (Å²) in [5, 5.41) is 14.0. The SMILES string of the molecule is Cc1ccc2cc(C#Cc3ccc(-n4c(/C=C/c5ccc([N+](=O)[O-])s5)nc5ccccc5c4=O)c(C)c3)ccc2c1. The second-order valence-corrected chi connectivity index (χ2v) is 10.8. The Hall–Kier alpha value is -5.32. The summed E-state index contributed by atoms with van der Waals surface area (Å²) in [6, 6.07) is 28.7. The number of fused-ring (bicyclic) bond motifs is 2. The fourth-order valence-corrected chi connectivity index (χ4v) is 5.48. The molecule has 0 aliphatic carbocycles. The smallest absolute Gasteiger partial charge is 0.268 e. The Morgan fingerprint density at radius 1 is 0.854 bits per heavy atom. The third kappa shape index (κ3) is 5.29. The van der Waals surface area contributed by atoms with Crippen LogP contribution in [0.1, 0.15) is 33.0 Å². The second-order valence-electron chi connectivity index (χ2n) is 9.71. The van der Waals surface area contributed by atoms with Gasteiger partial charge in [0.05, 0.1) is 21.5 Å². The van der Waals surface area contributed by atoms with Gasteiger partial charge in [-0.3, -0.25) is 19.5 Å². The van der Waals surface area contributed by atoms with Crippen LogP contribution < -0.4 is 5.56 Å². The first-order chi connectivity index (χ1) is 19.9. The van der Waals surface area contributed by atoms with E-state index in [2.05, 4.69) is 49.1 Å². The Balaban J connectivity index is 1.39. The van der Waals surface area contributed by atoms with Crippen molar-refractivity contribution < 1.29 is 4.92 Å². The summed E-state index contributed by atoms with van der Waals surface area (Å²) < 4.78 is 1.58. The van der Waals surface area contributed by atoms with Gasteiger partial charge in [-0.15, -0.1) is 0 Å². The van der Waals surface area contributed by atoms with Gasteiger partial charge in [-0.05, 0) is 90.9 Å². The van der Waals surface area contributed by atoms with Crippen LogP contribution in [0.2, 0.25) is 0 Å². The molecule has 0 aliphatic rings. The van der Waals surface area contributed by atoms with E-state index in [1.54, 1.807) is 34.9 Å². The van der Waals surface area contributed by atoms with Gasteiger partial charge in [0, 0.05) is 22.1 Å². The highest BCUT2D eigenvalue weighted by Gasteiger charge is 2.14. The van der Waals surface area contributed by atoms with E-state index >= 15 is 0 Å². The third-order valence-corrected chi connectivity index (χ3v) is 7.78. The van der Waals surface area contributed by atoms with Crippen molar-refractivity contribution in [1.29, 1.82) is 0 Å². The van der Waals surface area contributed by atoms with Crippen LogP contribution in [0.4, 0.5) is 5.00 Å². The highest BCUT2D eigenvalue weighted by molar-refractivity contribution is 7.16. The number of rotatable bonds is 4. The molecule has 0 fully saturated rings. The lowest BCUT2D eigenvalue weighted by atomic mass is 10.0. The molecule has 2 aromatic heterocycles. The van der Waals surface area contributed by atoms with Crippen molar-refractivity contribution in [2.75, 3.05) is 0 Å². The molecule has 0 saturated heterocycles. The number of benzene rings is 4. The molecule has 2 heterocycles. The molecule has 0 saturated carbocycles. The standard InChI is InChI=1S/C34H23N3O3S/c1-22-7-12-27-21-25(10-13-26(27)19-22)9-8-24-11-16-31(23(2)20-24)36-32(17-14-28-15-18-33(41-28)37(39)40)35-30-6-4-3-5-29(30)34(36)38/h3-7,10-21H,1-2H3/b17-14+. The zero-order chi connectivity index (χ0) is 28.5. The van der Waals surface area contributed by atoms with Gasteiger partial charge in [0.25, 0.3) is 5.56 Å². The van der Waals surface area contributed by atoms with Gasteiger partial charge < -0.3 is 0 Å². The summed E-state index contributed by atoms with van der Waals surface area (Å²) in [6.07, 6.45) is 3.46. The minimum Gasteiger partial charge on any atom is -0.268 e. The monoisotopic (exact) mass is 553 g/mol. The second kappa shape index (κ2) is 10.7. The van der Waals surface area contributed by atoms with Crippen LogP contribution in [-0.2, 0) is 0 Å². The molecule has 0 N–H and O–H groups in total. The summed E-state index contributed by atoms with van der Waals surface area (Å²) in [6.45, 7) is 4.02. The van der Waals surface area contributed by atoms with E-state index in [1.165, 1.54) is 17.0 Å². The first kappa shape index (κ1) is 25.9. The molecule has 0 aliphatic heterocycles. The summed E-state index contributed by atoms with van der Waals surface area (Å²) in [5.74, 6) is 6.94. The Kier molecular flexibility index (Phi) is 6.76. The number of nitrogens with zero attached hydrogens (tertiary/aromatic N) is 3. The fraction of sp³-hybridized carbons (Fsp3) is 0.0588. The predicted octanol–water partition coefficient (Wildman–Crippen LogP) is 7.70. The lowest BCUT2D eigenvalue weighted by molar-refractivity contribution is -0.380. The van der Waals surface area contributed by atoms with Crippen molar-refractivity contribution in [2.45, 2.75) is 13.8 Å². The molecular weight excluding hydrogens is 530 g/mol. The average molecular weight is 554 g/mol. The van der Waals surface area contributed by atoms with Gasteiger partial charge in [0.1, 0.15) is 5.82 Å². The Bertz CT molecular complexity index is 2140. The first-order valence-corrected chi connectivity index (χ1v) is 13.7. The summed E-state index contributed by atoms with van der Waals surface area (Å²) in [7, 11) is 0. The molecular formula is C34H23N3O3S. The molecule has 6 rings (SSSR count). The van der Waals surface area contributed by atoms with Gasteiger partial charge in [-0.2, -0.15) is 0 Å². The van der Waals surface area contributed by atoms with Crippen molar-refractivity contribution in [3.05, 3.63) is 144 Å². The van der Waals surface area contributed by atoms with E-state index < -0.39 is 4.92 Å². The number of para-hydroxylation sites is 1. The topological polar surface area (TPSA) is 78.0 Å². The maximum absolute atomic E-state index is 13.7. The van der Waals surface area contributed by atoms with Crippen LogP contribution in [0.25, 0.3) is 39.5 Å². The van der Waals surface area contributed by atoms with Gasteiger partial charge in [-0.25, -0.2) is 4.98 Å². The van der Waals surface area contributed by atoms with Crippen LogP contribution in [0, 0.1) is 35.8 Å². The normalized spacial score (nSPS) is 11.2. The van der Waals surface area contributed by atoms with E-state index in [0.717, 1.165) is 33.4 Å². The molecule has 0 radical (unpaired) electrons. The number of thiophene rings is 1. The van der Waals surface area contributed by atoms with Gasteiger partial charge >= 0.3 is 5.00 Å². The van der Waals surface area contributed by atoms with Crippen molar-refractivity contribution in [3.8, 4) is 17.5 Å². The molecule has 4 aromatic carbocycles. The minimum atomic E-state index is -0.416. The average Bonchev–Trinajstić information content (AvgIpc) is 3.45. The fourth-order valence-electron chi connectivity index (χ4n) is 4.75. The molecule has 0 unspecified atom stereocenters. The summed E-state index contributed by atoms with van der Waals surface area (Å²) >= 11 is 1.06. The lowest BCUT2D eigenvalue weighted by Gasteiger charge is -2.14. The molecule has 198 valence electrons. The van der Waals surface area contributed by atoms with Crippen LogP contribution in [0.3, 0.4) is 0 Å². The van der Waals surface area contributed by atoms with E-state index in [-0.39, 0.29) is 10.6 Å². The Morgan fingerprint density at radius 2 is 1.59 bits per heavy atom. The van der Waals surface area contributed by atoms with Crippen LogP contribution in [0.15, 0.2) is 95.8 Å². The van der Waals surface area contributed by atoms with Gasteiger partial charge in [0.2, 0.25) is 0 Å². The highest BCUT2D eigenvalue weighted by Crippen LogP contribution is 2.26. The molecule has 0 amide bonds. The molecule has 0 bridgehead atoms. The number of hydrogen-bond donors (Lipinski definition) is 0. The van der Waals surface area contributed by atoms with Gasteiger partial charge in [-0.1, -0.05) is 65.1 Å². The van der Waals surface area contributed by atoms with E-state index in [1.807, 2.05) is 43.3 Å². The number of nitro groups is 1. The molecule has 6 aromatic rings. The number of aromatic nitrogens is 2. The van der Waals surface area contributed by atoms with Crippen LogP contribution in [0.5, 0.6) is 0 Å². The Labute approximate surface area is 240 Å². The van der Waals surface area contributed by atoms with E-state index in [4.69, 9.17) is 4.98 Å². The summed E-state index contributed by atoms with van der Waals surface area (Å²) in [5.41, 5.74) is 4.93. The van der Waals surface area contributed by atoms with E-state index in [9.17, 15) is 14.9 Å². The minimum absolute atomic E-state index is 0.0554. The maximum atomic E-state index is 13.7. The quantitative estimate of drug-likeness (QED) is 0.127. The zero-order valence-electron chi connectivity index (χ0n) is 22.3. The van der Waals surface area contributed by atoms with Crippen molar-refractivity contribution in [1.82, 2.24) is 9.55 Å². The van der Waals surface area contributed by atoms with Crippen LogP contribution >= 0.6 is 11.3 Å². The largest absolute Gasteiger partial charge is 0.324 e. The van der Waals surface area contributed by atoms with Crippen molar-refractivity contribution in [3.63, 3.8) is 0 Å². The molecule has 7 heteroatoms. The highest BCUT2D eigenvalue weighted by atomic mass is 32.1. The molecule has 41 heavy (non-hydrogen) atoms.